The van der Waals surface area contributed by atoms with E-state index in [4.69, 9.17) is 19.9 Å². The summed E-state index contributed by atoms with van der Waals surface area (Å²) in [4.78, 5) is 30.0. The molecule has 0 fully saturated rings. The molecule has 0 radical (unpaired) electrons. The Morgan fingerprint density at radius 2 is 1.38 bits per heavy atom. The quantitative estimate of drug-likeness (QED) is 0.371. The summed E-state index contributed by atoms with van der Waals surface area (Å²) in [5.74, 6) is 1.10. The summed E-state index contributed by atoms with van der Waals surface area (Å²) in [5, 5.41) is 0. The van der Waals surface area contributed by atoms with Crippen molar-refractivity contribution in [2.24, 2.45) is 0 Å². The smallest absolute Gasteiger partial charge is 0.209 e. The van der Waals surface area contributed by atoms with Gasteiger partial charge in [0.2, 0.25) is 5.78 Å². The van der Waals surface area contributed by atoms with Crippen LogP contribution in [0.2, 0.25) is 0 Å². The second-order valence-corrected chi connectivity index (χ2v) is 7.49. The maximum absolute atomic E-state index is 13.5. The molecule has 0 unspecified atom stereocenters. The summed E-state index contributed by atoms with van der Waals surface area (Å²) in [6, 6.07) is 20.7. The Hall–Kier alpha value is -4.52. The monoisotopic (exact) mass is 456 g/mol. The molecule has 1 heterocycles. The third-order valence-corrected chi connectivity index (χ3v) is 5.54. The van der Waals surface area contributed by atoms with Gasteiger partial charge in [0.15, 0.2) is 17.3 Å². The fourth-order valence-electron chi connectivity index (χ4n) is 3.83. The Bertz CT molecular complexity index is 1340. The second kappa shape index (κ2) is 9.54. The summed E-state index contributed by atoms with van der Waals surface area (Å²) in [6.45, 7) is 0. The summed E-state index contributed by atoms with van der Waals surface area (Å²) >= 11 is 0. The minimum absolute atomic E-state index is 0.107. The van der Waals surface area contributed by atoms with Gasteiger partial charge in [-0.25, -0.2) is 0 Å². The van der Waals surface area contributed by atoms with E-state index in [0.717, 1.165) is 0 Å². The average molecular weight is 456 g/mol. The minimum Gasteiger partial charge on any atom is -0.497 e. The maximum atomic E-state index is 13.5. The molecule has 0 aliphatic carbocycles. The number of hydrogen-bond acceptors (Lipinski definition) is 6. The summed E-state index contributed by atoms with van der Waals surface area (Å²) in [6.07, 6.45) is 0. The number of carbonyl (C=O) groups excluding carboxylic acids is 2. The summed E-state index contributed by atoms with van der Waals surface area (Å²) in [5.41, 5.74) is 8.58. The Balaban J connectivity index is 1.93. The topological polar surface area (TPSA) is 104 Å². The van der Waals surface area contributed by atoms with Crippen molar-refractivity contribution in [2.75, 3.05) is 27.1 Å². The molecule has 4 rings (SSSR count). The number of ketones is 2. The lowest BCUT2D eigenvalue weighted by molar-refractivity contribution is 0.103. The third-order valence-electron chi connectivity index (χ3n) is 5.54. The molecule has 7 nitrogen and oxygen atoms in total. The number of nitrogen functional groups attached to an aromatic ring is 1. The molecule has 0 saturated carbocycles. The number of nitrogens with two attached hydrogens (primary N) is 1. The molecule has 1 aromatic heterocycles. The van der Waals surface area contributed by atoms with Crippen LogP contribution in [0.4, 0.5) is 5.82 Å². The second-order valence-electron chi connectivity index (χ2n) is 7.49. The third kappa shape index (κ3) is 4.11. The molecular weight excluding hydrogens is 432 g/mol. The number of ether oxygens (including phenoxy) is 3. The van der Waals surface area contributed by atoms with E-state index in [0.29, 0.717) is 39.5 Å². The minimum atomic E-state index is -0.314. The van der Waals surface area contributed by atoms with E-state index in [1.54, 1.807) is 73.8 Å². The number of aromatic nitrogens is 1. The molecule has 0 spiro atoms. The zero-order chi connectivity index (χ0) is 24.2. The molecule has 34 heavy (non-hydrogen) atoms. The van der Waals surface area contributed by atoms with Gasteiger partial charge in [0.05, 0.1) is 32.6 Å². The van der Waals surface area contributed by atoms with E-state index in [9.17, 15) is 9.59 Å². The predicted octanol–water partition coefficient (Wildman–Crippen LogP) is 4.75. The molecule has 0 aliphatic rings. The van der Waals surface area contributed by atoms with Gasteiger partial charge in [0.25, 0.3) is 0 Å². The van der Waals surface area contributed by atoms with Crippen LogP contribution in [0.3, 0.4) is 0 Å². The first kappa shape index (κ1) is 22.7. The number of nitrogens with one attached hydrogen (secondary N) is 1. The van der Waals surface area contributed by atoms with Crippen LogP contribution in [0, 0.1) is 0 Å². The van der Waals surface area contributed by atoms with Crippen LogP contribution in [0.15, 0.2) is 72.8 Å². The van der Waals surface area contributed by atoms with Crippen molar-refractivity contribution in [1.29, 1.82) is 0 Å². The number of aromatic amines is 1. The van der Waals surface area contributed by atoms with Crippen molar-refractivity contribution in [3.05, 3.63) is 95.2 Å². The Morgan fingerprint density at radius 3 is 2.00 bits per heavy atom. The fraction of sp³-hybridized carbons (Fsp3) is 0.111. The fourth-order valence-corrected chi connectivity index (χ4v) is 3.83. The predicted molar refractivity (Wildman–Crippen MR) is 130 cm³/mol. The van der Waals surface area contributed by atoms with Crippen molar-refractivity contribution in [2.45, 2.75) is 0 Å². The van der Waals surface area contributed by atoms with Crippen LogP contribution in [-0.2, 0) is 0 Å². The summed E-state index contributed by atoms with van der Waals surface area (Å²) < 4.78 is 16.0. The first-order valence-electron chi connectivity index (χ1n) is 10.5. The highest BCUT2D eigenvalue weighted by atomic mass is 16.5. The SMILES string of the molecule is COc1ccc(C(=O)c2[nH]c(N)c(C(=O)c3ccccc3)c2-c2ccc(OC)c(OC)c2)cc1. The van der Waals surface area contributed by atoms with Gasteiger partial charge in [0.1, 0.15) is 11.6 Å². The molecule has 0 saturated heterocycles. The zero-order valence-corrected chi connectivity index (χ0v) is 19.0. The van der Waals surface area contributed by atoms with E-state index in [-0.39, 0.29) is 28.6 Å². The van der Waals surface area contributed by atoms with Gasteiger partial charge >= 0.3 is 0 Å². The van der Waals surface area contributed by atoms with Crippen molar-refractivity contribution in [3.8, 4) is 28.4 Å². The van der Waals surface area contributed by atoms with Crippen LogP contribution in [0.25, 0.3) is 11.1 Å². The van der Waals surface area contributed by atoms with E-state index in [2.05, 4.69) is 4.98 Å². The van der Waals surface area contributed by atoms with Gasteiger partial charge in [0, 0.05) is 16.7 Å². The highest BCUT2D eigenvalue weighted by Crippen LogP contribution is 2.39. The molecule has 0 aliphatic heterocycles. The number of hydrogen-bond donors (Lipinski definition) is 2. The highest BCUT2D eigenvalue weighted by molar-refractivity contribution is 6.21. The first-order chi connectivity index (χ1) is 16.5. The maximum Gasteiger partial charge on any atom is 0.209 e. The number of H-pyrrole nitrogens is 1. The van der Waals surface area contributed by atoms with Crippen molar-refractivity contribution >= 4 is 17.4 Å². The van der Waals surface area contributed by atoms with E-state index >= 15 is 0 Å². The molecule has 172 valence electrons. The molecular formula is C27H24N2O5. The molecule has 4 aromatic rings. The molecule has 7 heteroatoms. The van der Waals surface area contributed by atoms with Crippen molar-refractivity contribution in [3.63, 3.8) is 0 Å². The first-order valence-corrected chi connectivity index (χ1v) is 10.5. The lowest BCUT2D eigenvalue weighted by Gasteiger charge is -2.12. The number of methoxy groups -OCH3 is 3. The van der Waals surface area contributed by atoms with Crippen molar-refractivity contribution < 1.29 is 23.8 Å². The van der Waals surface area contributed by atoms with Crippen LogP contribution >= 0.6 is 0 Å². The number of rotatable bonds is 8. The van der Waals surface area contributed by atoms with E-state index < -0.39 is 0 Å². The number of carbonyl (C=O) groups is 2. The van der Waals surface area contributed by atoms with Gasteiger partial charge in [-0.3, -0.25) is 9.59 Å². The lowest BCUT2D eigenvalue weighted by Crippen LogP contribution is -2.07. The Morgan fingerprint density at radius 1 is 0.735 bits per heavy atom. The van der Waals surface area contributed by atoms with E-state index in [1.807, 2.05) is 6.07 Å². The lowest BCUT2D eigenvalue weighted by atomic mass is 9.93. The summed E-state index contributed by atoms with van der Waals surface area (Å²) in [7, 11) is 4.61. The highest BCUT2D eigenvalue weighted by Gasteiger charge is 2.28. The van der Waals surface area contributed by atoms with Gasteiger partial charge in [-0.2, -0.15) is 0 Å². The van der Waals surface area contributed by atoms with Gasteiger partial charge in [-0.05, 0) is 42.0 Å². The van der Waals surface area contributed by atoms with Crippen molar-refractivity contribution in [1.82, 2.24) is 4.98 Å². The Labute approximate surface area is 197 Å². The van der Waals surface area contributed by atoms with E-state index in [1.165, 1.54) is 14.2 Å². The molecule has 3 N–H and O–H groups in total. The van der Waals surface area contributed by atoms with Crippen LogP contribution in [-0.4, -0.2) is 37.9 Å². The molecule has 0 atom stereocenters. The Kier molecular flexibility index (Phi) is 6.36. The normalized spacial score (nSPS) is 10.6. The van der Waals surface area contributed by atoms with Crippen LogP contribution in [0.1, 0.15) is 32.0 Å². The average Bonchev–Trinajstić information content (AvgIpc) is 3.24. The molecule has 3 aromatic carbocycles. The largest absolute Gasteiger partial charge is 0.497 e. The van der Waals surface area contributed by atoms with Gasteiger partial charge < -0.3 is 24.9 Å². The van der Waals surface area contributed by atoms with Crippen LogP contribution in [0.5, 0.6) is 17.2 Å². The molecule has 0 amide bonds. The van der Waals surface area contributed by atoms with Gasteiger partial charge in [-0.15, -0.1) is 0 Å². The number of benzene rings is 3. The molecule has 0 bridgehead atoms. The number of anilines is 1. The van der Waals surface area contributed by atoms with Gasteiger partial charge in [-0.1, -0.05) is 36.4 Å². The standard InChI is InChI=1S/C27H24N2O5/c1-32-19-12-9-17(10-13-19)26(31)24-22(18-11-14-20(33-2)21(15-18)34-3)23(27(28)29-24)25(30)16-7-5-4-6-8-16/h4-15,29H,28H2,1-3H3. The zero-order valence-electron chi connectivity index (χ0n) is 19.0. The van der Waals surface area contributed by atoms with Crippen LogP contribution < -0.4 is 19.9 Å².